The molecule has 0 atom stereocenters. The van der Waals surface area contributed by atoms with Gasteiger partial charge in [0.05, 0.1) is 6.42 Å². The Bertz CT molecular complexity index is 672. The van der Waals surface area contributed by atoms with E-state index in [2.05, 4.69) is 10.6 Å². The molecule has 0 saturated carbocycles. The molecule has 1 fully saturated rings. The van der Waals surface area contributed by atoms with Crippen molar-refractivity contribution in [3.63, 3.8) is 0 Å². The number of carbonyl (C=O) groups is 4. The molecule has 26 heavy (non-hydrogen) atoms. The summed E-state index contributed by atoms with van der Waals surface area (Å²) in [5, 5.41) is 5.30. The first-order valence-corrected chi connectivity index (χ1v) is 8.56. The summed E-state index contributed by atoms with van der Waals surface area (Å²) in [5.41, 5.74) is 1.32. The van der Waals surface area contributed by atoms with Gasteiger partial charge in [0.25, 0.3) is 0 Å². The number of hydrogen-bond donors (Lipinski definition) is 2. The van der Waals surface area contributed by atoms with Crippen LogP contribution in [0, 0.1) is 0 Å². The predicted molar refractivity (Wildman–Crippen MR) is 94.2 cm³/mol. The first kappa shape index (κ1) is 19.6. The highest BCUT2D eigenvalue weighted by atomic mass is 16.5. The van der Waals surface area contributed by atoms with Gasteiger partial charge in [-0.3, -0.25) is 24.1 Å². The van der Waals surface area contributed by atoms with Gasteiger partial charge in [0, 0.05) is 25.2 Å². The number of nitrogens with one attached hydrogen (secondary N) is 2. The van der Waals surface area contributed by atoms with E-state index in [1.165, 1.54) is 4.90 Å². The first-order valence-electron chi connectivity index (χ1n) is 8.56. The smallest absolute Gasteiger partial charge is 0.250 e. The highest BCUT2D eigenvalue weighted by Gasteiger charge is 2.29. The Hall–Kier alpha value is -2.74. The van der Waals surface area contributed by atoms with Crippen molar-refractivity contribution in [2.45, 2.75) is 26.2 Å². The third-order valence-electron chi connectivity index (χ3n) is 3.78. The van der Waals surface area contributed by atoms with E-state index in [1.54, 1.807) is 24.3 Å². The average molecular weight is 361 g/mol. The molecule has 0 radical (unpaired) electrons. The van der Waals surface area contributed by atoms with Crippen LogP contribution in [0.1, 0.15) is 25.3 Å². The zero-order valence-electron chi connectivity index (χ0n) is 14.7. The fourth-order valence-electron chi connectivity index (χ4n) is 2.30. The Morgan fingerprint density at radius 2 is 1.81 bits per heavy atom. The number of likely N-dealkylation sites (tertiary alicyclic amines) is 1. The number of hydrogen-bond acceptors (Lipinski definition) is 5. The average Bonchev–Trinajstić information content (AvgIpc) is 2.60. The molecule has 1 aliphatic heterocycles. The number of amides is 4. The van der Waals surface area contributed by atoms with Crippen molar-refractivity contribution in [2.75, 3.05) is 31.6 Å². The van der Waals surface area contributed by atoms with Crippen LogP contribution in [0.15, 0.2) is 24.3 Å². The van der Waals surface area contributed by atoms with E-state index >= 15 is 0 Å². The minimum atomic E-state index is -0.372. The van der Waals surface area contributed by atoms with Gasteiger partial charge < -0.3 is 15.4 Å². The lowest BCUT2D eigenvalue weighted by atomic mass is 10.1. The summed E-state index contributed by atoms with van der Waals surface area (Å²) in [4.78, 5) is 47.5. The number of rotatable bonds is 9. The van der Waals surface area contributed by atoms with Crippen molar-refractivity contribution in [2.24, 2.45) is 0 Å². The van der Waals surface area contributed by atoms with Gasteiger partial charge in [0.2, 0.25) is 23.6 Å². The van der Waals surface area contributed by atoms with Gasteiger partial charge in [0.1, 0.15) is 13.2 Å². The molecule has 0 aromatic heterocycles. The van der Waals surface area contributed by atoms with Gasteiger partial charge in [-0.15, -0.1) is 0 Å². The Kier molecular flexibility index (Phi) is 7.28. The van der Waals surface area contributed by atoms with Crippen LogP contribution < -0.4 is 10.6 Å². The second-order valence-corrected chi connectivity index (χ2v) is 5.95. The molecule has 4 amide bonds. The molecule has 8 heteroatoms. The maximum Gasteiger partial charge on any atom is 0.250 e. The summed E-state index contributed by atoms with van der Waals surface area (Å²) in [7, 11) is 0. The Morgan fingerprint density at radius 3 is 2.38 bits per heavy atom. The van der Waals surface area contributed by atoms with Crippen molar-refractivity contribution < 1.29 is 23.9 Å². The summed E-state index contributed by atoms with van der Waals surface area (Å²) in [6, 6.07) is 6.78. The zero-order chi connectivity index (χ0) is 18.9. The van der Waals surface area contributed by atoms with E-state index in [0.717, 1.165) is 12.0 Å². The molecule has 1 aromatic carbocycles. The standard InChI is InChI=1S/C18H23N3O5/c1-2-8-19-15(22)11-26-12-16(23)20-14-5-3-13(4-6-14)10-18(25)21-9-7-17(21)24/h3-6H,2,7-12H2,1H3,(H,19,22)(H,20,23). The molecule has 1 saturated heterocycles. The second-order valence-electron chi connectivity index (χ2n) is 5.95. The maximum atomic E-state index is 11.9. The lowest BCUT2D eigenvalue weighted by molar-refractivity contribution is -0.152. The van der Waals surface area contributed by atoms with Crippen molar-refractivity contribution in [1.82, 2.24) is 10.2 Å². The van der Waals surface area contributed by atoms with Crippen LogP contribution >= 0.6 is 0 Å². The van der Waals surface area contributed by atoms with Crippen LogP contribution in [-0.2, 0) is 30.3 Å². The summed E-state index contributed by atoms with van der Waals surface area (Å²) >= 11 is 0. The van der Waals surface area contributed by atoms with E-state index in [0.29, 0.717) is 25.2 Å². The van der Waals surface area contributed by atoms with Gasteiger partial charge in [-0.05, 0) is 24.1 Å². The highest BCUT2D eigenvalue weighted by Crippen LogP contribution is 2.14. The van der Waals surface area contributed by atoms with Crippen molar-refractivity contribution >= 4 is 29.3 Å². The van der Waals surface area contributed by atoms with Crippen LogP contribution in [0.5, 0.6) is 0 Å². The van der Waals surface area contributed by atoms with E-state index in [9.17, 15) is 19.2 Å². The molecular formula is C18H23N3O5. The molecule has 0 unspecified atom stereocenters. The highest BCUT2D eigenvalue weighted by molar-refractivity contribution is 6.00. The van der Waals surface area contributed by atoms with Gasteiger partial charge in [-0.25, -0.2) is 0 Å². The lowest BCUT2D eigenvalue weighted by Gasteiger charge is -2.28. The molecule has 1 heterocycles. The monoisotopic (exact) mass is 361 g/mol. The van der Waals surface area contributed by atoms with E-state index < -0.39 is 0 Å². The molecule has 8 nitrogen and oxygen atoms in total. The topological polar surface area (TPSA) is 105 Å². The minimum Gasteiger partial charge on any atom is -0.362 e. The van der Waals surface area contributed by atoms with Crippen LogP contribution in [0.4, 0.5) is 5.69 Å². The molecular weight excluding hydrogens is 338 g/mol. The van der Waals surface area contributed by atoms with E-state index in [1.807, 2.05) is 6.92 Å². The fraction of sp³-hybridized carbons (Fsp3) is 0.444. The molecule has 140 valence electrons. The van der Waals surface area contributed by atoms with E-state index in [-0.39, 0.29) is 43.3 Å². The van der Waals surface area contributed by atoms with Gasteiger partial charge >= 0.3 is 0 Å². The van der Waals surface area contributed by atoms with Crippen molar-refractivity contribution in [1.29, 1.82) is 0 Å². The van der Waals surface area contributed by atoms with Crippen molar-refractivity contribution in [3.05, 3.63) is 29.8 Å². The summed E-state index contributed by atoms with van der Waals surface area (Å²) in [5.74, 6) is -0.979. The summed E-state index contributed by atoms with van der Waals surface area (Å²) in [6.07, 6.45) is 1.41. The largest absolute Gasteiger partial charge is 0.362 e. The normalized spacial score (nSPS) is 13.1. The quantitative estimate of drug-likeness (QED) is 0.622. The molecule has 2 rings (SSSR count). The van der Waals surface area contributed by atoms with Crippen molar-refractivity contribution in [3.8, 4) is 0 Å². The number of anilines is 1. The van der Waals surface area contributed by atoms with Crippen LogP contribution in [-0.4, -0.2) is 54.8 Å². The molecule has 1 aromatic rings. The number of nitrogens with zero attached hydrogens (tertiary/aromatic N) is 1. The zero-order valence-corrected chi connectivity index (χ0v) is 14.7. The Balaban J connectivity index is 1.71. The molecule has 0 aliphatic carbocycles. The van der Waals surface area contributed by atoms with E-state index in [4.69, 9.17) is 4.74 Å². The molecule has 2 N–H and O–H groups in total. The van der Waals surface area contributed by atoms with Crippen LogP contribution in [0.2, 0.25) is 0 Å². The lowest BCUT2D eigenvalue weighted by Crippen LogP contribution is -2.48. The second kappa shape index (κ2) is 9.67. The third kappa shape index (κ3) is 5.96. The molecule has 0 spiro atoms. The van der Waals surface area contributed by atoms with Crippen LogP contribution in [0.25, 0.3) is 0 Å². The fourth-order valence-corrected chi connectivity index (χ4v) is 2.30. The third-order valence-corrected chi connectivity index (χ3v) is 3.78. The number of carbonyl (C=O) groups excluding carboxylic acids is 4. The van der Waals surface area contributed by atoms with Gasteiger partial charge in [0.15, 0.2) is 0 Å². The Morgan fingerprint density at radius 1 is 1.12 bits per heavy atom. The maximum absolute atomic E-state index is 11.9. The number of benzene rings is 1. The molecule has 1 aliphatic rings. The predicted octanol–water partition coefficient (Wildman–Crippen LogP) is 0.469. The minimum absolute atomic E-state index is 0.137. The Labute approximate surface area is 151 Å². The number of ether oxygens (including phenoxy) is 1. The number of imide groups is 1. The van der Waals surface area contributed by atoms with Gasteiger partial charge in [-0.2, -0.15) is 0 Å². The summed E-state index contributed by atoms with van der Waals surface area (Å²) < 4.78 is 5.05. The molecule has 0 bridgehead atoms. The first-order chi connectivity index (χ1) is 12.5. The summed E-state index contributed by atoms with van der Waals surface area (Å²) in [6.45, 7) is 2.62. The number of β-lactam (4-membered cyclic amide) rings is 1. The SMILES string of the molecule is CCCNC(=O)COCC(=O)Nc1ccc(CC(=O)N2CCC2=O)cc1. The van der Waals surface area contributed by atoms with Crippen LogP contribution in [0.3, 0.4) is 0 Å². The van der Waals surface area contributed by atoms with Gasteiger partial charge in [-0.1, -0.05) is 19.1 Å².